The molecule has 0 spiro atoms. The number of hydrogen-bond acceptors (Lipinski definition) is 5. The van der Waals surface area contributed by atoms with Crippen LogP contribution in [-0.2, 0) is 0 Å². The summed E-state index contributed by atoms with van der Waals surface area (Å²) in [7, 11) is 0. The van der Waals surface area contributed by atoms with Crippen molar-refractivity contribution in [2.75, 3.05) is 23.4 Å². The Balaban J connectivity index is 3.14. The number of aryl methyl sites for hydroxylation is 1. The van der Waals surface area contributed by atoms with Crippen molar-refractivity contribution >= 4 is 22.9 Å². The fourth-order valence-corrected chi connectivity index (χ4v) is 1.84. The van der Waals surface area contributed by atoms with Gasteiger partial charge in [0.1, 0.15) is 6.07 Å². The normalized spacial score (nSPS) is 10.8. The van der Waals surface area contributed by atoms with Crippen molar-refractivity contribution in [3.05, 3.63) is 23.8 Å². The summed E-state index contributed by atoms with van der Waals surface area (Å²) in [5, 5.41) is 20.0. The second-order valence-electron chi connectivity index (χ2n) is 4.29. The number of rotatable bonds is 6. The number of hydrogen-bond donors (Lipinski definition) is 3. The summed E-state index contributed by atoms with van der Waals surface area (Å²) in [6.07, 6.45) is 0. The molecule has 0 aliphatic heterocycles. The van der Waals surface area contributed by atoms with E-state index in [2.05, 4.69) is 29.3 Å². The van der Waals surface area contributed by atoms with E-state index >= 15 is 0 Å². The molecule has 20 heavy (non-hydrogen) atoms. The molecule has 0 unspecified atom stereocenters. The smallest absolute Gasteiger partial charge is 0.201 e. The maximum atomic E-state index is 8.85. The van der Waals surface area contributed by atoms with Crippen molar-refractivity contribution in [1.29, 1.82) is 10.7 Å². The topological polar surface area (TPSA) is 101 Å². The van der Waals surface area contributed by atoms with Gasteiger partial charge >= 0.3 is 0 Å². The molecule has 0 amide bonds. The number of anilines is 2. The van der Waals surface area contributed by atoms with E-state index in [1.54, 1.807) is 6.07 Å². The molecule has 0 aromatic heterocycles. The molecule has 1 aromatic rings. The van der Waals surface area contributed by atoms with Crippen LogP contribution < -0.4 is 16.1 Å². The highest BCUT2D eigenvalue weighted by molar-refractivity contribution is 6.45. The Hall–Kier alpha value is -2.55. The Morgan fingerprint density at radius 3 is 2.60 bits per heavy atom. The molecule has 1 rings (SSSR count). The number of nitrogens with zero attached hydrogens (tertiary/aromatic N) is 3. The van der Waals surface area contributed by atoms with E-state index in [-0.39, 0.29) is 11.5 Å². The van der Waals surface area contributed by atoms with Gasteiger partial charge in [-0.3, -0.25) is 10.8 Å². The summed E-state index contributed by atoms with van der Waals surface area (Å²) in [4.78, 5) is 2.18. The van der Waals surface area contributed by atoms with E-state index in [0.29, 0.717) is 0 Å². The molecule has 0 radical (unpaired) electrons. The molecule has 0 heterocycles. The molecular formula is C14H20N6. The lowest BCUT2D eigenvalue weighted by Gasteiger charge is -2.24. The van der Waals surface area contributed by atoms with Crippen LogP contribution in [0.4, 0.5) is 11.4 Å². The molecule has 0 aliphatic carbocycles. The van der Waals surface area contributed by atoms with Crippen LogP contribution in [-0.4, -0.2) is 24.6 Å². The third kappa shape index (κ3) is 3.72. The average molecular weight is 272 g/mol. The van der Waals surface area contributed by atoms with Crippen molar-refractivity contribution in [1.82, 2.24) is 0 Å². The second-order valence-corrected chi connectivity index (χ2v) is 4.29. The maximum absolute atomic E-state index is 8.85. The van der Waals surface area contributed by atoms with Gasteiger partial charge in [0.15, 0.2) is 5.84 Å². The molecule has 0 saturated heterocycles. The molecule has 0 saturated carbocycles. The molecule has 0 bridgehead atoms. The van der Waals surface area contributed by atoms with Gasteiger partial charge in [0.25, 0.3) is 0 Å². The lowest BCUT2D eigenvalue weighted by Crippen LogP contribution is -2.24. The van der Waals surface area contributed by atoms with Crippen molar-refractivity contribution in [2.45, 2.75) is 20.8 Å². The van der Waals surface area contributed by atoms with Crippen LogP contribution in [0.3, 0.4) is 0 Å². The molecule has 4 N–H and O–H groups in total. The summed E-state index contributed by atoms with van der Waals surface area (Å²) in [5.41, 5.74) is 10.9. The van der Waals surface area contributed by atoms with E-state index in [1.807, 2.05) is 25.1 Å². The molecular weight excluding hydrogens is 252 g/mol. The molecule has 6 nitrogen and oxygen atoms in total. The molecule has 0 aliphatic rings. The van der Waals surface area contributed by atoms with Crippen LogP contribution in [0.1, 0.15) is 19.4 Å². The summed E-state index contributed by atoms with van der Waals surface area (Å²) >= 11 is 0. The van der Waals surface area contributed by atoms with Crippen molar-refractivity contribution in [3.8, 4) is 6.07 Å². The first-order valence-corrected chi connectivity index (χ1v) is 6.47. The van der Waals surface area contributed by atoms with E-state index in [1.165, 1.54) is 0 Å². The Kier molecular flexibility index (Phi) is 5.54. The van der Waals surface area contributed by atoms with Gasteiger partial charge in [0, 0.05) is 13.1 Å². The number of nitrogens with one attached hydrogen (secondary N) is 2. The number of benzene rings is 1. The fourth-order valence-electron chi connectivity index (χ4n) is 1.84. The number of nitrogens with two attached hydrogens (primary N) is 1. The minimum atomic E-state index is -0.350. The monoisotopic (exact) mass is 272 g/mol. The van der Waals surface area contributed by atoms with Gasteiger partial charge in [0.2, 0.25) is 5.71 Å². The van der Waals surface area contributed by atoms with Crippen LogP contribution in [0.15, 0.2) is 23.3 Å². The maximum Gasteiger partial charge on any atom is 0.201 e. The Morgan fingerprint density at radius 2 is 2.10 bits per heavy atom. The summed E-state index contributed by atoms with van der Waals surface area (Å²) in [5.74, 6) is -0.350. The lowest BCUT2D eigenvalue weighted by atomic mass is 10.1. The number of amidine groups is 1. The van der Waals surface area contributed by atoms with Gasteiger partial charge in [-0.15, -0.1) is 0 Å². The molecule has 0 atom stereocenters. The van der Waals surface area contributed by atoms with Gasteiger partial charge in [0.05, 0.1) is 11.4 Å². The average Bonchev–Trinajstić information content (AvgIpc) is 2.42. The van der Waals surface area contributed by atoms with Crippen LogP contribution in [0.5, 0.6) is 0 Å². The van der Waals surface area contributed by atoms with Crippen LogP contribution in [0.2, 0.25) is 0 Å². The summed E-state index contributed by atoms with van der Waals surface area (Å²) in [6.45, 7) is 7.88. The predicted molar refractivity (Wildman–Crippen MR) is 83.3 cm³/mol. The largest absolute Gasteiger partial charge is 0.382 e. The Morgan fingerprint density at radius 1 is 1.45 bits per heavy atom. The van der Waals surface area contributed by atoms with Crippen molar-refractivity contribution in [2.24, 2.45) is 10.8 Å². The highest BCUT2D eigenvalue weighted by atomic mass is 15.3. The van der Waals surface area contributed by atoms with Gasteiger partial charge in [-0.25, -0.2) is 0 Å². The summed E-state index contributed by atoms with van der Waals surface area (Å²) < 4.78 is 0. The molecule has 106 valence electrons. The van der Waals surface area contributed by atoms with Gasteiger partial charge in [-0.2, -0.15) is 10.4 Å². The Bertz CT molecular complexity index is 551. The van der Waals surface area contributed by atoms with Crippen LogP contribution >= 0.6 is 0 Å². The number of nitriles is 1. The quantitative estimate of drug-likeness (QED) is 0.419. The van der Waals surface area contributed by atoms with E-state index < -0.39 is 0 Å². The molecule has 1 aromatic carbocycles. The van der Waals surface area contributed by atoms with Crippen LogP contribution in [0, 0.1) is 23.7 Å². The molecule has 6 heteroatoms. The zero-order valence-electron chi connectivity index (χ0n) is 12.1. The minimum absolute atomic E-state index is 0.128. The zero-order valence-corrected chi connectivity index (χ0v) is 12.1. The number of hydrazone groups is 1. The first-order chi connectivity index (χ1) is 9.53. The van der Waals surface area contributed by atoms with Crippen molar-refractivity contribution in [3.63, 3.8) is 0 Å². The van der Waals surface area contributed by atoms with E-state index in [9.17, 15) is 0 Å². The second kappa shape index (κ2) is 7.14. The van der Waals surface area contributed by atoms with Crippen LogP contribution in [0.25, 0.3) is 0 Å². The summed E-state index contributed by atoms with van der Waals surface area (Å²) in [6, 6.07) is 7.78. The fraction of sp³-hybridized carbons (Fsp3) is 0.357. The minimum Gasteiger partial charge on any atom is -0.382 e. The third-order valence-electron chi connectivity index (χ3n) is 2.91. The molecule has 0 fully saturated rings. The highest BCUT2D eigenvalue weighted by Crippen LogP contribution is 2.27. The first-order valence-electron chi connectivity index (χ1n) is 6.47. The first kappa shape index (κ1) is 15.5. The predicted octanol–water partition coefficient (Wildman–Crippen LogP) is 2.07. The van der Waals surface area contributed by atoms with Gasteiger partial charge in [-0.05, 0) is 38.5 Å². The highest BCUT2D eigenvalue weighted by Gasteiger charge is 2.09. The SMILES string of the molecule is CCN(CC)c1ccc(C)cc1N/N=C(\C#N)C(=N)N. The zero-order chi connectivity index (χ0) is 15.1. The lowest BCUT2D eigenvalue weighted by molar-refractivity contribution is 0.866. The standard InChI is InChI=1S/C14H20N6/c1-4-20(5-2)13-7-6-10(3)8-11(13)18-19-12(9-15)14(16)17/h6-8,18H,4-5H2,1-3H3,(H3,16,17)/b19-12+. The van der Waals surface area contributed by atoms with Gasteiger partial charge in [-0.1, -0.05) is 6.07 Å². The van der Waals surface area contributed by atoms with Gasteiger partial charge < -0.3 is 10.6 Å². The Labute approximate surface area is 119 Å². The third-order valence-corrected chi connectivity index (χ3v) is 2.91. The van der Waals surface area contributed by atoms with E-state index in [4.69, 9.17) is 16.4 Å². The van der Waals surface area contributed by atoms with Crippen molar-refractivity contribution < 1.29 is 0 Å². The van der Waals surface area contributed by atoms with E-state index in [0.717, 1.165) is 30.0 Å².